The first-order valence-corrected chi connectivity index (χ1v) is 11.1. The highest BCUT2D eigenvalue weighted by Crippen LogP contribution is 2.27. The van der Waals surface area contributed by atoms with Gasteiger partial charge in [-0.1, -0.05) is 44.7 Å². The Morgan fingerprint density at radius 1 is 1.28 bits per heavy atom. The lowest BCUT2D eigenvalue weighted by molar-refractivity contribution is -0.113. The second kappa shape index (κ2) is 8.96. The molecular formula is C20H25N5O2S2. The molecule has 1 amide bonds. The van der Waals surface area contributed by atoms with Gasteiger partial charge in [0.15, 0.2) is 22.2 Å². The van der Waals surface area contributed by atoms with Gasteiger partial charge in [0, 0.05) is 18.6 Å². The van der Waals surface area contributed by atoms with Crippen molar-refractivity contribution in [3.05, 3.63) is 47.2 Å². The quantitative estimate of drug-likeness (QED) is 0.557. The fourth-order valence-corrected chi connectivity index (χ4v) is 3.93. The predicted molar refractivity (Wildman–Crippen MR) is 117 cm³/mol. The fraction of sp³-hybridized carbons (Fsp3) is 0.400. The molecule has 154 valence electrons. The van der Waals surface area contributed by atoms with E-state index in [0.29, 0.717) is 16.1 Å². The van der Waals surface area contributed by atoms with Crippen LogP contribution >= 0.6 is 23.1 Å². The van der Waals surface area contributed by atoms with Crippen LogP contribution < -0.4 is 10.1 Å². The van der Waals surface area contributed by atoms with Gasteiger partial charge in [-0.3, -0.25) is 4.79 Å². The van der Waals surface area contributed by atoms with Gasteiger partial charge < -0.3 is 14.6 Å². The van der Waals surface area contributed by atoms with Crippen LogP contribution in [0.25, 0.3) is 0 Å². The Hall–Kier alpha value is -2.39. The Labute approximate surface area is 178 Å². The van der Waals surface area contributed by atoms with E-state index in [1.165, 1.54) is 28.7 Å². The summed E-state index contributed by atoms with van der Waals surface area (Å²) in [6, 6.07) is 8.13. The summed E-state index contributed by atoms with van der Waals surface area (Å²) < 4.78 is 7.90. The van der Waals surface area contributed by atoms with Crippen LogP contribution in [0.1, 0.15) is 45.2 Å². The highest BCUT2D eigenvalue weighted by atomic mass is 32.2. The minimum Gasteiger partial charge on any atom is -0.483 e. The van der Waals surface area contributed by atoms with E-state index in [-0.39, 0.29) is 23.2 Å². The number of amides is 1. The molecule has 0 radical (unpaired) electrons. The third kappa shape index (κ3) is 5.57. The van der Waals surface area contributed by atoms with Crippen molar-refractivity contribution < 1.29 is 9.53 Å². The van der Waals surface area contributed by atoms with Gasteiger partial charge in [0.05, 0.1) is 5.75 Å². The average molecular weight is 432 g/mol. The van der Waals surface area contributed by atoms with Gasteiger partial charge in [0.2, 0.25) is 5.91 Å². The molecule has 0 aliphatic carbocycles. The number of aromatic nitrogens is 4. The van der Waals surface area contributed by atoms with Gasteiger partial charge in [0.25, 0.3) is 0 Å². The maximum atomic E-state index is 12.0. The van der Waals surface area contributed by atoms with Crippen molar-refractivity contribution in [1.29, 1.82) is 0 Å². The van der Waals surface area contributed by atoms with Crippen LogP contribution in [-0.4, -0.2) is 31.4 Å². The fourth-order valence-electron chi connectivity index (χ4n) is 2.67. The van der Waals surface area contributed by atoms with Crippen molar-refractivity contribution in [2.24, 2.45) is 7.05 Å². The topological polar surface area (TPSA) is 81.9 Å². The summed E-state index contributed by atoms with van der Waals surface area (Å²) in [6.45, 7) is 8.48. The Morgan fingerprint density at radius 2 is 2.00 bits per heavy atom. The van der Waals surface area contributed by atoms with Gasteiger partial charge >= 0.3 is 0 Å². The van der Waals surface area contributed by atoms with E-state index < -0.39 is 0 Å². The summed E-state index contributed by atoms with van der Waals surface area (Å²) in [5.74, 6) is 1.59. The van der Waals surface area contributed by atoms with Gasteiger partial charge in [-0.25, -0.2) is 4.98 Å². The van der Waals surface area contributed by atoms with E-state index in [0.717, 1.165) is 5.75 Å². The molecule has 0 spiro atoms. The molecule has 0 aliphatic heterocycles. The number of rotatable bonds is 7. The lowest BCUT2D eigenvalue weighted by atomic mass is 9.87. The molecule has 29 heavy (non-hydrogen) atoms. The number of thioether (sulfide) groups is 1. The normalized spacial score (nSPS) is 12.6. The van der Waals surface area contributed by atoms with Crippen LogP contribution in [0.5, 0.6) is 5.75 Å². The number of nitrogens with zero attached hydrogens (tertiary/aromatic N) is 4. The van der Waals surface area contributed by atoms with Crippen LogP contribution in [0.4, 0.5) is 5.13 Å². The number of hydrogen-bond donors (Lipinski definition) is 1. The molecule has 1 aromatic carbocycles. The third-order valence-corrected chi connectivity index (χ3v) is 5.99. The monoisotopic (exact) mass is 431 g/mol. The standard InChI is InChI=1S/C20H25N5O2S2/c1-13(27-15-8-6-14(7-9-15)20(2,3)4)17-23-24-19(25(17)5)29-12-16(26)22-18-21-10-11-28-18/h6-11,13H,12H2,1-5H3,(H,21,22,26). The number of anilines is 1. The third-order valence-electron chi connectivity index (χ3n) is 4.28. The first-order chi connectivity index (χ1) is 13.7. The summed E-state index contributed by atoms with van der Waals surface area (Å²) in [5, 5.41) is 14.3. The van der Waals surface area contributed by atoms with Crippen LogP contribution in [0.15, 0.2) is 41.0 Å². The molecule has 1 unspecified atom stereocenters. The predicted octanol–water partition coefficient (Wildman–Crippen LogP) is 4.44. The van der Waals surface area contributed by atoms with Crippen molar-refractivity contribution in [1.82, 2.24) is 19.7 Å². The van der Waals surface area contributed by atoms with Crippen LogP contribution in [-0.2, 0) is 17.3 Å². The zero-order valence-corrected chi connectivity index (χ0v) is 18.8. The molecule has 0 aliphatic rings. The molecule has 9 heteroatoms. The van der Waals surface area contributed by atoms with Crippen molar-refractivity contribution in [2.45, 2.75) is 44.4 Å². The Bertz CT molecular complexity index is 946. The summed E-state index contributed by atoms with van der Waals surface area (Å²) in [4.78, 5) is 16.1. The van der Waals surface area contributed by atoms with E-state index in [9.17, 15) is 4.79 Å². The van der Waals surface area contributed by atoms with Crippen LogP contribution in [0, 0.1) is 0 Å². The Balaban J connectivity index is 1.58. The summed E-state index contributed by atoms with van der Waals surface area (Å²) >= 11 is 2.71. The van der Waals surface area contributed by atoms with Gasteiger partial charge in [-0.15, -0.1) is 21.5 Å². The molecule has 0 saturated carbocycles. The molecule has 2 heterocycles. The van der Waals surface area contributed by atoms with E-state index in [1.807, 2.05) is 36.1 Å². The SMILES string of the molecule is CC(Oc1ccc(C(C)(C)C)cc1)c1nnc(SCC(=O)Nc2nccs2)n1C. The number of carbonyl (C=O) groups excluding carboxylic acids is 1. The lowest BCUT2D eigenvalue weighted by Gasteiger charge is -2.20. The minimum absolute atomic E-state index is 0.103. The van der Waals surface area contributed by atoms with E-state index >= 15 is 0 Å². The molecule has 2 aromatic heterocycles. The van der Waals surface area contributed by atoms with E-state index in [4.69, 9.17) is 4.74 Å². The van der Waals surface area contributed by atoms with Crippen molar-refractivity contribution >= 4 is 34.1 Å². The molecule has 1 N–H and O–H groups in total. The van der Waals surface area contributed by atoms with Crippen molar-refractivity contribution in [2.75, 3.05) is 11.1 Å². The largest absolute Gasteiger partial charge is 0.483 e. The van der Waals surface area contributed by atoms with Crippen molar-refractivity contribution in [3.63, 3.8) is 0 Å². The molecule has 3 aromatic rings. The first kappa shape index (κ1) is 21.3. The molecule has 0 bridgehead atoms. The zero-order chi connectivity index (χ0) is 21.0. The zero-order valence-electron chi connectivity index (χ0n) is 17.2. The molecule has 7 nitrogen and oxygen atoms in total. The molecular weight excluding hydrogens is 406 g/mol. The lowest BCUT2D eigenvalue weighted by Crippen LogP contribution is -2.14. The highest BCUT2D eigenvalue weighted by Gasteiger charge is 2.19. The van der Waals surface area contributed by atoms with Crippen LogP contribution in [0.3, 0.4) is 0 Å². The van der Waals surface area contributed by atoms with Gasteiger partial charge in [0.1, 0.15) is 5.75 Å². The number of nitrogens with one attached hydrogen (secondary N) is 1. The number of benzene rings is 1. The second-order valence-corrected chi connectivity index (χ2v) is 9.45. The molecule has 0 fully saturated rings. The van der Waals surface area contributed by atoms with Crippen molar-refractivity contribution in [3.8, 4) is 5.75 Å². The second-order valence-electron chi connectivity index (χ2n) is 7.61. The molecule has 3 rings (SSSR count). The average Bonchev–Trinajstić information content (AvgIpc) is 3.29. The Morgan fingerprint density at radius 3 is 2.62 bits per heavy atom. The summed E-state index contributed by atoms with van der Waals surface area (Å²) in [7, 11) is 1.87. The number of hydrogen-bond acceptors (Lipinski definition) is 7. The number of carbonyl (C=O) groups is 1. The Kier molecular flexibility index (Phi) is 6.59. The number of ether oxygens (including phenoxy) is 1. The maximum Gasteiger partial charge on any atom is 0.236 e. The smallest absolute Gasteiger partial charge is 0.236 e. The van der Waals surface area contributed by atoms with E-state index in [2.05, 4.69) is 53.4 Å². The van der Waals surface area contributed by atoms with Crippen LogP contribution in [0.2, 0.25) is 0 Å². The summed E-state index contributed by atoms with van der Waals surface area (Å²) in [6.07, 6.45) is 1.38. The molecule has 1 atom stereocenters. The number of thiazole rings is 1. The van der Waals surface area contributed by atoms with E-state index in [1.54, 1.807) is 6.20 Å². The first-order valence-electron chi connectivity index (χ1n) is 9.22. The van der Waals surface area contributed by atoms with Gasteiger partial charge in [-0.2, -0.15) is 0 Å². The maximum absolute atomic E-state index is 12.0. The molecule has 0 saturated heterocycles. The summed E-state index contributed by atoms with van der Waals surface area (Å²) in [5.41, 5.74) is 1.36. The minimum atomic E-state index is -0.272. The van der Waals surface area contributed by atoms with Gasteiger partial charge in [-0.05, 0) is 30.0 Å². The highest BCUT2D eigenvalue weighted by molar-refractivity contribution is 7.99.